The topological polar surface area (TPSA) is 271 Å². The standard InChI is InChI=1S/C49H68N8O12/c1-26(2)23-36-47(65)56(8)35(24-31-15-11-9-12-16-31)43(61)53-38(27(3)4)48(66)69-30(7)39(44(62)55-40(33-19-20-33)45(63)52-34-21-22-37(58)57(36)46(34)64)54-42(60)28(5)50-41(59)29(6)51-49(67)68-25-32-17-13-10-14-18-32/h9-18,26-30,33-40,58H,19-25H2,1-8H3,(H,50,59)(H,51,67)(H,52,63)(H,53,61)(H,54,60)(H,55,62)/t28-,29?,30+,34-,35-,36-,37+,38-,39-,40-/m0/s1. The number of likely N-dealkylation sites (N-methyl/N-ethyl adjacent to an activating group) is 1. The fourth-order valence-electron chi connectivity index (χ4n) is 8.30. The van der Waals surface area contributed by atoms with Crippen LogP contribution in [0.1, 0.15) is 91.7 Å². The van der Waals surface area contributed by atoms with Crippen molar-refractivity contribution >= 4 is 53.4 Å². The maximum Gasteiger partial charge on any atom is 0.408 e. The molecule has 3 aliphatic rings. The molecule has 3 fully saturated rings. The zero-order chi connectivity index (χ0) is 50.7. The summed E-state index contributed by atoms with van der Waals surface area (Å²) in [6.07, 6.45) is -2.56. The second kappa shape index (κ2) is 24.1. The molecule has 20 nitrogen and oxygen atoms in total. The average molecular weight is 961 g/mol. The molecule has 0 aromatic heterocycles. The van der Waals surface area contributed by atoms with Crippen LogP contribution in [-0.2, 0) is 60.9 Å². The molecule has 5 rings (SSSR count). The Labute approximate surface area is 402 Å². The molecule has 1 unspecified atom stereocenters. The average Bonchev–Trinajstić information content (AvgIpc) is 4.15. The van der Waals surface area contributed by atoms with Crippen LogP contribution in [0.4, 0.5) is 4.79 Å². The van der Waals surface area contributed by atoms with Gasteiger partial charge in [-0.1, -0.05) is 88.4 Å². The second-order valence-electron chi connectivity index (χ2n) is 19.0. The van der Waals surface area contributed by atoms with Crippen molar-refractivity contribution in [1.82, 2.24) is 41.7 Å². The molecule has 2 bridgehead atoms. The summed E-state index contributed by atoms with van der Waals surface area (Å²) in [5.41, 5.74) is 1.40. The molecule has 8 amide bonds. The summed E-state index contributed by atoms with van der Waals surface area (Å²) in [7, 11) is 1.42. The molecule has 1 aliphatic carbocycles. The Bertz CT molecular complexity index is 2170. The highest BCUT2D eigenvalue weighted by Crippen LogP contribution is 2.33. The number of esters is 1. The second-order valence-corrected chi connectivity index (χ2v) is 19.0. The number of carbonyl (C=O) groups is 9. The molecule has 2 saturated heterocycles. The minimum Gasteiger partial charge on any atom is -0.458 e. The van der Waals surface area contributed by atoms with Crippen LogP contribution in [0.15, 0.2) is 60.7 Å². The van der Waals surface area contributed by atoms with E-state index in [-0.39, 0.29) is 44.1 Å². The van der Waals surface area contributed by atoms with E-state index in [1.54, 1.807) is 68.4 Å². The Morgan fingerprint density at radius 3 is 1.94 bits per heavy atom. The Kier molecular flexibility index (Phi) is 18.7. The third kappa shape index (κ3) is 14.5. The van der Waals surface area contributed by atoms with Crippen LogP contribution >= 0.6 is 0 Å². The van der Waals surface area contributed by atoms with Gasteiger partial charge in [0.25, 0.3) is 0 Å². The first-order chi connectivity index (χ1) is 32.7. The first kappa shape index (κ1) is 53.4. The van der Waals surface area contributed by atoms with Crippen molar-refractivity contribution in [1.29, 1.82) is 0 Å². The van der Waals surface area contributed by atoms with E-state index in [1.165, 1.54) is 32.7 Å². The number of fused-ring (bicyclic) bond motifs is 2. The molecule has 2 aromatic carbocycles. The summed E-state index contributed by atoms with van der Waals surface area (Å²) in [5, 5.41) is 27.0. The van der Waals surface area contributed by atoms with Gasteiger partial charge in [-0.05, 0) is 81.8 Å². The van der Waals surface area contributed by atoms with Gasteiger partial charge in [-0.15, -0.1) is 0 Å². The zero-order valence-corrected chi connectivity index (χ0v) is 40.6. The maximum absolute atomic E-state index is 14.7. The van der Waals surface area contributed by atoms with Crippen LogP contribution < -0.4 is 31.9 Å². The molecule has 2 heterocycles. The largest absolute Gasteiger partial charge is 0.458 e. The maximum atomic E-state index is 14.7. The lowest BCUT2D eigenvalue weighted by Gasteiger charge is -2.43. The van der Waals surface area contributed by atoms with E-state index in [2.05, 4.69) is 31.9 Å². The quantitative estimate of drug-likeness (QED) is 0.140. The predicted molar refractivity (Wildman–Crippen MR) is 250 cm³/mol. The Balaban J connectivity index is 1.45. The predicted octanol–water partition coefficient (Wildman–Crippen LogP) is 1.18. The minimum atomic E-state index is -1.68. The SMILES string of the molecule is CC(C)C[C@H]1C(=O)N(C)[C@@H](Cc2ccccc2)C(=O)N[C@@H](C(C)C)C(=O)O[C@H](C)[C@H](NC(=O)[C@H](C)NC(=O)C(C)NC(=O)OCc2ccccc2)C(=O)N[C@@H](C2CC2)C(=O)N[C@H]2CC[C@@H](O)N1C2=O. The summed E-state index contributed by atoms with van der Waals surface area (Å²) in [4.78, 5) is 128. The number of hydrogen-bond donors (Lipinski definition) is 7. The van der Waals surface area contributed by atoms with Crippen molar-refractivity contribution in [2.45, 2.75) is 154 Å². The Morgan fingerprint density at radius 2 is 1.35 bits per heavy atom. The van der Waals surface area contributed by atoms with Gasteiger partial charge < -0.3 is 56.3 Å². The number of ether oxygens (including phenoxy) is 2. The van der Waals surface area contributed by atoms with E-state index in [0.29, 0.717) is 18.4 Å². The first-order valence-corrected chi connectivity index (χ1v) is 23.7. The van der Waals surface area contributed by atoms with Gasteiger partial charge in [-0.3, -0.25) is 33.6 Å². The van der Waals surface area contributed by atoms with E-state index in [0.717, 1.165) is 10.5 Å². The molecule has 2 aromatic rings. The molecular formula is C49H68N8O12. The Hall–Kier alpha value is -6.57. The molecule has 376 valence electrons. The molecule has 7 N–H and O–H groups in total. The summed E-state index contributed by atoms with van der Waals surface area (Å²) in [5.74, 6) is -7.56. The molecule has 0 spiro atoms. The smallest absolute Gasteiger partial charge is 0.408 e. The number of piperidine rings is 1. The fourth-order valence-corrected chi connectivity index (χ4v) is 8.30. The van der Waals surface area contributed by atoms with Gasteiger partial charge in [-0.25, -0.2) is 9.59 Å². The van der Waals surface area contributed by atoms with Crippen LogP contribution in [0.3, 0.4) is 0 Å². The third-order valence-electron chi connectivity index (χ3n) is 12.5. The van der Waals surface area contributed by atoms with Crippen molar-refractivity contribution in [3.05, 3.63) is 71.8 Å². The number of rotatable bonds is 13. The lowest BCUT2D eigenvalue weighted by atomic mass is 9.94. The molecule has 20 heteroatoms. The number of nitrogens with zero attached hydrogens (tertiary/aromatic N) is 2. The van der Waals surface area contributed by atoms with Crippen LogP contribution in [-0.4, -0.2) is 136 Å². The molecule has 0 radical (unpaired) electrons. The molecule has 69 heavy (non-hydrogen) atoms. The number of aliphatic hydroxyl groups excluding tert-OH is 1. The Morgan fingerprint density at radius 1 is 0.739 bits per heavy atom. The van der Waals surface area contributed by atoms with Crippen LogP contribution in [0.25, 0.3) is 0 Å². The van der Waals surface area contributed by atoms with Gasteiger partial charge in [0.15, 0.2) is 0 Å². The summed E-state index contributed by atoms with van der Waals surface area (Å²) >= 11 is 0. The number of cyclic esters (lactones) is 1. The normalized spacial score (nSPS) is 26.2. The number of amides is 8. The number of carbonyl (C=O) groups excluding carboxylic acids is 9. The van der Waals surface area contributed by atoms with Gasteiger partial charge in [0, 0.05) is 13.5 Å². The highest BCUT2D eigenvalue weighted by molar-refractivity contribution is 5.98. The minimum absolute atomic E-state index is 0.000290. The van der Waals surface area contributed by atoms with E-state index < -0.39 is 120 Å². The van der Waals surface area contributed by atoms with Crippen LogP contribution in [0, 0.1) is 17.8 Å². The van der Waals surface area contributed by atoms with E-state index in [9.17, 15) is 48.3 Å². The number of benzene rings is 2. The lowest BCUT2D eigenvalue weighted by molar-refractivity contribution is -0.166. The van der Waals surface area contributed by atoms with E-state index in [1.807, 2.05) is 19.9 Å². The van der Waals surface area contributed by atoms with Crippen molar-refractivity contribution in [2.75, 3.05) is 7.05 Å². The van der Waals surface area contributed by atoms with Gasteiger partial charge in [0.1, 0.15) is 67.3 Å². The number of alkyl carbamates (subject to hydrolysis) is 1. The van der Waals surface area contributed by atoms with Gasteiger partial charge >= 0.3 is 12.1 Å². The van der Waals surface area contributed by atoms with Crippen LogP contribution in [0.5, 0.6) is 0 Å². The first-order valence-electron chi connectivity index (χ1n) is 23.7. The number of nitrogens with one attached hydrogen (secondary N) is 6. The zero-order valence-electron chi connectivity index (χ0n) is 40.6. The van der Waals surface area contributed by atoms with E-state index >= 15 is 0 Å². The van der Waals surface area contributed by atoms with Gasteiger partial charge in [0.2, 0.25) is 41.4 Å². The highest BCUT2D eigenvalue weighted by Gasteiger charge is 2.47. The van der Waals surface area contributed by atoms with Gasteiger partial charge in [-0.2, -0.15) is 0 Å². The van der Waals surface area contributed by atoms with Crippen LogP contribution in [0.2, 0.25) is 0 Å². The lowest BCUT2D eigenvalue weighted by Crippen LogP contribution is -2.65. The highest BCUT2D eigenvalue weighted by atomic mass is 16.6. The molecule has 10 atom stereocenters. The number of hydrogen-bond acceptors (Lipinski definition) is 12. The van der Waals surface area contributed by atoms with Gasteiger partial charge in [0.05, 0.1) is 0 Å². The fraction of sp³-hybridized carbons (Fsp3) is 0.571. The monoisotopic (exact) mass is 960 g/mol. The third-order valence-corrected chi connectivity index (χ3v) is 12.5. The van der Waals surface area contributed by atoms with Crippen molar-refractivity contribution < 1.29 is 57.7 Å². The van der Waals surface area contributed by atoms with Crippen molar-refractivity contribution in [2.24, 2.45) is 17.8 Å². The number of aliphatic hydroxyl groups is 1. The molecule has 1 saturated carbocycles. The summed E-state index contributed by atoms with van der Waals surface area (Å²) in [6, 6.07) is 7.32. The van der Waals surface area contributed by atoms with Crippen molar-refractivity contribution in [3.8, 4) is 0 Å². The molecule has 2 aliphatic heterocycles. The van der Waals surface area contributed by atoms with E-state index in [4.69, 9.17) is 9.47 Å². The summed E-state index contributed by atoms with van der Waals surface area (Å²) < 4.78 is 11.1. The molecular weight excluding hydrogens is 893 g/mol. The van der Waals surface area contributed by atoms with Crippen molar-refractivity contribution in [3.63, 3.8) is 0 Å². The summed E-state index contributed by atoms with van der Waals surface area (Å²) in [6.45, 7) is 11.0.